The van der Waals surface area contributed by atoms with Gasteiger partial charge in [0.1, 0.15) is 0 Å². The fourth-order valence-electron chi connectivity index (χ4n) is 4.16. The van der Waals surface area contributed by atoms with E-state index < -0.39 is 0 Å². The summed E-state index contributed by atoms with van der Waals surface area (Å²) in [6.45, 7) is 0. The second-order valence-corrected chi connectivity index (χ2v) is 6.00. The Morgan fingerprint density at radius 3 is 2.61 bits per heavy atom. The number of hydrogen-bond donors (Lipinski definition) is 2. The van der Waals surface area contributed by atoms with E-state index in [0.29, 0.717) is 0 Å². The molecule has 0 amide bonds. The second-order valence-electron chi connectivity index (χ2n) is 6.00. The van der Waals surface area contributed by atoms with Crippen LogP contribution in [0.3, 0.4) is 0 Å². The lowest BCUT2D eigenvalue weighted by molar-refractivity contribution is 0.480. The van der Waals surface area contributed by atoms with E-state index in [2.05, 4.69) is 35.4 Å². The molecule has 4 rings (SSSR count). The summed E-state index contributed by atoms with van der Waals surface area (Å²) in [4.78, 5) is 3.35. The maximum absolute atomic E-state index is 6.55. The quantitative estimate of drug-likeness (QED) is 0.827. The first kappa shape index (κ1) is 10.6. The molecular weight excluding hydrogens is 220 g/mol. The summed E-state index contributed by atoms with van der Waals surface area (Å²) in [5.41, 5.74) is 9.09. The first-order chi connectivity index (χ1) is 8.86. The molecule has 2 saturated carbocycles. The SMILES string of the molecule is NC(c1c[nH]c2ccccc12)C1C2CCCCC21. The van der Waals surface area contributed by atoms with Crippen LogP contribution < -0.4 is 5.73 Å². The number of H-pyrrole nitrogens is 1. The fraction of sp³-hybridized carbons (Fsp3) is 0.500. The van der Waals surface area contributed by atoms with E-state index in [1.165, 1.54) is 42.1 Å². The number of nitrogens with two attached hydrogens (primary N) is 1. The molecule has 18 heavy (non-hydrogen) atoms. The molecule has 2 aromatic rings. The zero-order valence-electron chi connectivity index (χ0n) is 10.6. The van der Waals surface area contributed by atoms with Gasteiger partial charge in [-0.25, -0.2) is 0 Å². The average Bonchev–Trinajstić information content (AvgIpc) is 2.99. The van der Waals surface area contributed by atoms with E-state index in [9.17, 15) is 0 Å². The lowest BCUT2D eigenvalue weighted by Crippen LogP contribution is -2.13. The van der Waals surface area contributed by atoms with Gasteiger partial charge in [0.05, 0.1) is 0 Å². The zero-order chi connectivity index (χ0) is 12.1. The number of rotatable bonds is 2. The van der Waals surface area contributed by atoms with Crippen molar-refractivity contribution in [1.29, 1.82) is 0 Å². The summed E-state index contributed by atoms with van der Waals surface area (Å²) >= 11 is 0. The number of benzene rings is 1. The molecule has 3 unspecified atom stereocenters. The molecule has 1 aromatic heterocycles. The summed E-state index contributed by atoms with van der Waals surface area (Å²) in [6.07, 6.45) is 7.77. The van der Waals surface area contributed by atoms with Crippen molar-refractivity contribution in [3.63, 3.8) is 0 Å². The van der Waals surface area contributed by atoms with Crippen molar-refractivity contribution in [3.8, 4) is 0 Å². The highest BCUT2D eigenvalue weighted by Crippen LogP contribution is 2.60. The topological polar surface area (TPSA) is 41.8 Å². The third-order valence-corrected chi connectivity index (χ3v) is 5.12. The minimum absolute atomic E-state index is 0.231. The Kier molecular flexibility index (Phi) is 2.28. The second kappa shape index (κ2) is 3.86. The highest BCUT2D eigenvalue weighted by atomic mass is 14.8. The van der Waals surface area contributed by atoms with E-state index in [-0.39, 0.29) is 6.04 Å². The van der Waals surface area contributed by atoms with Crippen molar-refractivity contribution in [3.05, 3.63) is 36.0 Å². The number of hydrogen-bond acceptors (Lipinski definition) is 1. The fourth-order valence-corrected chi connectivity index (χ4v) is 4.16. The number of para-hydroxylation sites is 1. The molecule has 2 aliphatic rings. The van der Waals surface area contributed by atoms with Crippen molar-refractivity contribution in [2.45, 2.75) is 31.7 Å². The van der Waals surface area contributed by atoms with Crippen LogP contribution in [0.4, 0.5) is 0 Å². The molecule has 2 fully saturated rings. The largest absolute Gasteiger partial charge is 0.361 e. The molecule has 2 aliphatic carbocycles. The van der Waals surface area contributed by atoms with Crippen molar-refractivity contribution >= 4 is 10.9 Å². The van der Waals surface area contributed by atoms with Crippen LogP contribution in [-0.2, 0) is 0 Å². The van der Waals surface area contributed by atoms with E-state index in [4.69, 9.17) is 5.73 Å². The highest BCUT2D eigenvalue weighted by Gasteiger charge is 2.53. The number of nitrogens with one attached hydrogen (secondary N) is 1. The lowest BCUT2D eigenvalue weighted by atomic mass is 10.0. The molecule has 94 valence electrons. The van der Waals surface area contributed by atoms with Crippen LogP contribution in [0.25, 0.3) is 10.9 Å². The molecule has 2 heteroatoms. The normalized spacial score (nSPS) is 32.2. The van der Waals surface area contributed by atoms with Gasteiger partial charge in [0.15, 0.2) is 0 Å². The lowest BCUT2D eigenvalue weighted by Gasteiger charge is -2.10. The van der Waals surface area contributed by atoms with E-state index in [1.807, 2.05) is 0 Å². The molecule has 0 saturated heterocycles. The molecule has 0 bridgehead atoms. The zero-order valence-corrected chi connectivity index (χ0v) is 10.6. The van der Waals surface area contributed by atoms with Crippen LogP contribution in [-0.4, -0.2) is 4.98 Å². The van der Waals surface area contributed by atoms with Gasteiger partial charge in [0, 0.05) is 23.1 Å². The van der Waals surface area contributed by atoms with Crippen LogP contribution in [0, 0.1) is 17.8 Å². The smallest absolute Gasteiger partial charge is 0.0457 e. The summed E-state index contributed by atoms with van der Waals surface area (Å²) in [5.74, 6) is 2.58. The Morgan fingerprint density at radius 1 is 1.11 bits per heavy atom. The van der Waals surface area contributed by atoms with E-state index >= 15 is 0 Å². The maximum atomic E-state index is 6.55. The third-order valence-electron chi connectivity index (χ3n) is 5.12. The van der Waals surface area contributed by atoms with E-state index in [1.54, 1.807) is 0 Å². The van der Waals surface area contributed by atoms with Gasteiger partial charge >= 0.3 is 0 Å². The van der Waals surface area contributed by atoms with Crippen LogP contribution in [0.15, 0.2) is 30.5 Å². The Morgan fingerprint density at radius 2 is 1.83 bits per heavy atom. The van der Waals surface area contributed by atoms with Gasteiger partial charge in [0.25, 0.3) is 0 Å². The predicted molar refractivity (Wildman–Crippen MR) is 74.2 cm³/mol. The Labute approximate surface area is 108 Å². The number of fused-ring (bicyclic) bond motifs is 2. The van der Waals surface area contributed by atoms with Gasteiger partial charge in [-0.15, -0.1) is 0 Å². The van der Waals surface area contributed by atoms with Gasteiger partial charge in [-0.1, -0.05) is 31.0 Å². The van der Waals surface area contributed by atoms with Gasteiger partial charge in [-0.3, -0.25) is 0 Å². The standard InChI is InChI=1S/C16H20N2/c17-16(15-11-6-1-2-7-12(11)15)13-9-18-14-8-4-3-5-10(13)14/h3-5,8-9,11-12,15-16,18H,1-2,6-7,17H2. The summed E-state index contributed by atoms with van der Waals surface area (Å²) < 4.78 is 0. The Balaban J connectivity index is 1.67. The molecule has 3 atom stereocenters. The van der Waals surface area contributed by atoms with Crippen LogP contribution in [0.5, 0.6) is 0 Å². The van der Waals surface area contributed by atoms with Crippen molar-refractivity contribution in [2.24, 2.45) is 23.5 Å². The predicted octanol–water partition coefficient (Wildman–Crippen LogP) is 3.60. The van der Waals surface area contributed by atoms with Gasteiger partial charge in [-0.2, -0.15) is 0 Å². The molecule has 1 heterocycles. The van der Waals surface area contributed by atoms with Crippen molar-refractivity contribution in [2.75, 3.05) is 0 Å². The maximum Gasteiger partial charge on any atom is 0.0457 e. The van der Waals surface area contributed by atoms with E-state index in [0.717, 1.165) is 17.8 Å². The molecule has 0 radical (unpaired) electrons. The number of aromatic nitrogens is 1. The summed E-state index contributed by atoms with van der Waals surface area (Å²) in [5, 5.41) is 1.31. The Hall–Kier alpha value is -1.28. The third kappa shape index (κ3) is 1.45. The molecule has 2 nitrogen and oxygen atoms in total. The first-order valence-electron chi connectivity index (χ1n) is 7.18. The van der Waals surface area contributed by atoms with Gasteiger partial charge < -0.3 is 10.7 Å². The minimum atomic E-state index is 0.231. The average molecular weight is 240 g/mol. The molecular formula is C16H20N2. The van der Waals surface area contributed by atoms with Crippen molar-refractivity contribution in [1.82, 2.24) is 4.98 Å². The monoisotopic (exact) mass is 240 g/mol. The van der Waals surface area contributed by atoms with Crippen molar-refractivity contribution < 1.29 is 0 Å². The molecule has 3 N–H and O–H groups in total. The number of aromatic amines is 1. The summed E-state index contributed by atoms with van der Waals surface area (Å²) in [6, 6.07) is 8.73. The van der Waals surface area contributed by atoms with Crippen LogP contribution in [0.1, 0.15) is 37.3 Å². The molecule has 0 spiro atoms. The van der Waals surface area contributed by atoms with Crippen LogP contribution in [0.2, 0.25) is 0 Å². The highest BCUT2D eigenvalue weighted by molar-refractivity contribution is 5.83. The van der Waals surface area contributed by atoms with Gasteiger partial charge in [-0.05, 0) is 42.2 Å². The molecule has 1 aromatic carbocycles. The first-order valence-corrected chi connectivity index (χ1v) is 7.18. The molecule has 0 aliphatic heterocycles. The van der Waals surface area contributed by atoms with Gasteiger partial charge in [0.2, 0.25) is 0 Å². The summed E-state index contributed by atoms with van der Waals surface area (Å²) in [7, 11) is 0. The minimum Gasteiger partial charge on any atom is -0.361 e. The van der Waals surface area contributed by atoms with Crippen LogP contribution >= 0.6 is 0 Å². The Bertz CT molecular complexity index is 559.